The van der Waals surface area contributed by atoms with Gasteiger partial charge in [0.05, 0.1) is 11.9 Å². The molecule has 5 N–H and O–H groups in total. The average molecular weight is 407 g/mol. The van der Waals surface area contributed by atoms with E-state index in [2.05, 4.69) is 65.1 Å². The van der Waals surface area contributed by atoms with Crippen molar-refractivity contribution in [3.05, 3.63) is 89.9 Å². The number of aryl methyl sites for hydroxylation is 1. The van der Waals surface area contributed by atoms with Crippen molar-refractivity contribution < 1.29 is 9.69 Å². The number of nitrogens with two attached hydrogens (primary N) is 1. The first-order valence-corrected chi connectivity index (χ1v) is 10.6. The van der Waals surface area contributed by atoms with Crippen LogP contribution in [0.25, 0.3) is 5.70 Å². The third-order valence-electron chi connectivity index (χ3n) is 4.91. The molecule has 0 saturated heterocycles. The zero-order valence-electron chi connectivity index (χ0n) is 16.4. The lowest BCUT2D eigenvalue weighted by atomic mass is 10.1. The molecular weight excluding hydrogens is 382 g/mol. The summed E-state index contributed by atoms with van der Waals surface area (Å²) in [6.07, 6.45) is 7.92. The van der Waals surface area contributed by atoms with E-state index in [1.807, 2.05) is 30.7 Å². The summed E-state index contributed by atoms with van der Waals surface area (Å²) in [4.78, 5) is 15.5. The van der Waals surface area contributed by atoms with Gasteiger partial charge in [-0.3, -0.25) is 14.6 Å². The minimum absolute atomic E-state index is 0.216. The van der Waals surface area contributed by atoms with E-state index in [1.54, 1.807) is 11.8 Å². The second kappa shape index (κ2) is 8.06. The first kappa shape index (κ1) is 19.2. The number of carbonyl (C=O) groups is 1. The number of benzene rings is 2. The van der Waals surface area contributed by atoms with Crippen molar-refractivity contribution in [1.82, 2.24) is 10.2 Å². The molecule has 0 aromatic heterocycles. The van der Waals surface area contributed by atoms with Crippen LogP contribution in [0.15, 0.2) is 83.7 Å². The molecule has 6 nitrogen and oxygen atoms in total. The summed E-state index contributed by atoms with van der Waals surface area (Å²) < 4.78 is 0. The highest BCUT2D eigenvalue weighted by molar-refractivity contribution is 7.98. The third kappa shape index (κ3) is 4.01. The lowest BCUT2D eigenvalue weighted by molar-refractivity contribution is -0.783. The predicted molar refractivity (Wildman–Crippen MR) is 117 cm³/mol. The predicted octanol–water partition coefficient (Wildman–Crippen LogP) is 2.01. The SMILES string of the molecule is CSc1ccc(C2=C(Nc3ccccc3C)N3C=C[NH+](CC(N)=O)C=C3N2)cc1. The molecule has 4 rings (SSSR count). The van der Waals surface area contributed by atoms with Gasteiger partial charge in [-0.2, -0.15) is 0 Å². The Balaban J connectivity index is 1.73. The average Bonchev–Trinajstić information content (AvgIpc) is 3.07. The van der Waals surface area contributed by atoms with Gasteiger partial charge in [-0.05, 0) is 36.9 Å². The van der Waals surface area contributed by atoms with Crippen LogP contribution in [0.1, 0.15) is 11.1 Å². The summed E-state index contributed by atoms with van der Waals surface area (Å²) in [7, 11) is 0. The van der Waals surface area contributed by atoms with Crippen LogP contribution in [0.3, 0.4) is 0 Å². The molecule has 1 amide bonds. The monoisotopic (exact) mass is 406 g/mol. The zero-order valence-corrected chi connectivity index (χ0v) is 17.2. The van der Waals surface area contributed by atoms with Crippen LogP contribution in [0.5, 0.6) is 0 Å². The Morgan fingerprint density at radius 3 is 2.66 bits per heavy atom. The number of hydrogen-bond acceptors (Lipinski definition) is 5. The molecule has 0 aliphatic carbocycles. The van der Waals surface area contributed by atoms with Crippen molar-refractivity contribution >= 4 is 29.1 Å². The summed E-state index contributed by atoms with van der Waals surface area (Å²) >= 11 is 1.72. The molecular formula is C22H24N5OS+. The summed E-state index contributed by atoms with van der Waals surface area (Å²) in [6.45, 7) is 2.30. The Bertz CT molecular complexity index is 1030. The van der Waals surface area contributed by atoms with Crippen LogP contribution in [0.2, 0.25) is 0 Å². The van der Waals surface area contributed by atoms with Crippen molar-refractivity contribution in [1.29, 1.82) is 0 Å². The molecule has 148 valence electrons. The molecule has 0 bridgehead atoms. The van der Waals surface area contributed by atoms with Crippen LogP contribution in [0.4, 0.5) is 5.69 Å². The molecule has 2 aliphatic rings. The molecule has 2 aliphatic heterocycles. The highest BCUT2D eigenvalue weighted by Gasteiger charge is 2.31. The van der Waals surface area contributed by atoms with Crippen LogP contribution >= 0.6 is 11.8 Å². The summed E-state index contributed by atoms with van der Waals surface area (Å²) in [5.41, 5.74) is 9.65. The van der Waals surface area contributed by atoms with Gasteiger partial charge >= 0.3 is 0 Å². The lowest BCUT2D eigenvalue weighted by Crippen LogP contribution is -3.05. The number of thioether (sulfide) groups is 1. The largest absolute Gasteiger partial charge is 0.365 e. The van der Waals surface area contributed by atoms with E-state index < -0.39 is 0 Å². The number of hydrogen-bond donors (Lipinski definition) is 4. The van der Waals surface area contributed by atoms with Crippen molar-refractivity contribution in [2.24, 2.45) is 5.73 Å². The van der Waals surface area contributed by atoms with E-state index in [0.717, 1.165) is 39.1 Å². The maximum atomic E-state index is 11.3. The second-order valence-electron chi connectivity index (χ2n) is 6.95. The number of fused-ring (bicyclic) bond motifs is 1. The highest BCUT2D eigenvalue weighted by Crippen LogP contribution is 2.32. The second-order valence-corrected chi connectivity index (χ2v) is 7.83. The van der Waals surface area contributed by atoms with Gasteiger partial charge in [-0.1, -0.05) is 30.3 Å². The number of amides is 1. The normalized spacial score (nSPS) is 17.7. The van der Waals surface area contributed by atoms with E-state index in [0.29, 0.717) is 0 Å². The Hall–Kier alpha value is -3.16. The molecule has 2 heterocycles. The van der Waals surface area contributed by atoms with E-state index in [9.17, 15) is 4.79 Å². The quantitative estimate of drug-likeness (QED) is 0.553. The maximum Gasteiger partial charge on any atom is 0.273 e. The van der Waals surface area contributed by atoms with Gasteiger partial charge in [-0.25, -0.2) is 0 Å². The van der Waals surface area contributed by atoms with Crippen LogP contribution < -0.4 is 21.3 Å². The molecule has 0 saturated carbocycles. The molecule has 0 radical (unpaired) electrons. The molecule has 0 fully saturated rings. The molecule has 29 heavy (non-hydrogen) atoms. The summed E-state index contributed by atoms with van der Waals surface area (Å²) in [5, 5.41) is 7.10. The fraction of sp³-hybridized carbons (Fsp3) is 0.136. The number of carbonyl (C=O) groups excluding carboxylic acids is 1. The molecule has 2 aromatic rings. The van der Waals surface area contributed by atoms with Crippen molar-refractivity contribution in [3.63, 3.8) is 0 Å². The van der Waals surface area contributed by atoms with Gasteiger partial charge in [0, 0.05) is 16.1 Å². The van der Waals surface area contributed by atoms with E-state index in [1.165, 1.54) is 4.90 Å². The molecule has 1 atom stereocenters. The van der Waals surface area contributed by atoms with Gasteiger partial charge < -0.3 is 16.4 Å². The Morgan fingerprint density at radius 2 is 1.97 bits per heavy atom. The fourth-order valence-corrected chi connectivity index (χ4v) is 3.79. The molecule has 1 unspecified atom stereocenters. The van der Waals surface area contributed by atoms with Gasteiger partial charge in [0.15, 0.2) is 12.4 Å². The number of quaternary nitrogens is 1. The van der Waals surface area contributed by atoms with Crippen molar-refractivity contribution in [2.75, 3.05) is 18.1 Å². The van der Waals surface area contributed by atoms with E-state index >= 15 is 0 Å². The number of para-hydroxylation sites is 1. The van der Waals surface area contributed by atoms with Crippen molar-refractivity contribution in [3.8, 4) is 0 Å². The number of rotatable bonds is 6. The van der Waals surface area contributed by atoms with Crippen LogP contribution in [0, 0.1) is 6.92 Å². The third-order valence-corrected chi connectivity index (χ3v) is 5.65. The van der Waals surface area contributed by atoms with Gasteiger partial charge in [0.2, 0.25) is 0 Å². The Labute approximate surface area is 174 Å². The van der Waals surface area contributed by atoms with E-state index in [4.69, 9.17) is 5.73 Å². The number of nitrogens with zero attached hydrogens (tertiary/aromatic N) is 1. The van der Waals surface area contributed by atoms with Crippen LogP contribution in [-0.4, -0.2) is 23.6 Å². The minimum Gasteiger partial charge on any atom is -0.365 e. The minimum atomic E-state index is -0.341. The topological polar surface area (TPSA) is 74.8 Å². The van der Waals surface area contributed by atoms with Gasteiger partial charge in [0.25, 0.3) is 5.91 Å². The number of anilines is 1. The zero-order chi connectivity index (χ0) is 20.4. The van der Waals surface area contributed by atoms with E-state index in [-0.39, 0.29) is 12.5 Å². The summed E-state index contributed by atoms with van der Waals surface area (Å²) in [5.74, 6) is 1.49. The molecule has 0 spiro atoms. The smallest absolute Gasteiger partial charge is 0.273 e. The fourth-order valence-electron chi connectivity index (χ4n) is 3.38. The first-order valence-electron chi connectivity index (χ1n) is 9.37. The van der Waals surface area contributed by atoms with Gasteiger partial charge in [0.1, 0.15) is 18.2 Å². The number of nitrogens with one attached hydrogen (secondary N) is 3. The molecule has 2 aromatic carbocycles. The summed E-state index contributed by atoms with van der Waals surface area (Å²) in [6, 6.07) is 16.7. The Morgan fingerprint density at radius 1 is 1.21 bits per heavy atom. The Kier molecular flexibility index (Phi) is 5.33. The lowest BCUT2D eigenvalue weighted by Gasteiger charge is -2.24. The van der Waals surface area contributed by atoms with Crippen molar-refractivity contribution in [2.45, 2.75) is 11.8 Å². The maximum absolute atomic E-state index is 11.3. The standard InChI is InChI=1S/C22H23N5OS/c1-15-5-3-4-6-18(15)24-22-21(16-7-9-17(29-2)10-8-16)25-20-14-26(13-19(23)28)11-12-27(20)22/h3-12,14,24-25H,13H2,1-2H3,(H2,23,28)/p+1. The number of primary amides is 1. The first-order chi connectivity index (χ1) is 14.0. The highest BCUT2D eigenvalue weighted by atomic mass is 32.2. The van der Waals surface area contributed by atoms with Crippen LogP contribution in [-0.2, 0) is 4.79 Å². The van der Waals surface area contributed by atoms with Gasteiger partial charge in [-0.15, -0.1) is 11.8 Å². The molecule has 7 heteroatoms.